The molecular formula is C24H22N2O5S. The van der Waals surface area contributed by atoms with Crippen LogP contribution in [0.1, 0.15) is 6.92 Å². The SMILES string of the molecule is CCS(=O)(=O)c1ccc(OC)c(Nc2ncc(-c3cccc(Oc4ccccc4)c3)o2)c1. The van der Waals surface area contributed by atoms with Gasteiger partial charge < -0.3 is 19.2 Å². The van der Waals surface area contributed by atoms with Crippen molar-refractivity contribution in [3.63, 3.8) is 0 Å². The summed E-state index contributed by atoms with van der Waals surface area (Å²) in [6, 6.07) is 21.8. The summed E-state index contributed by atoms with van der Waals surface area (Å²) in [5.74, 6) is 2.40. The zero-order chi connectivity index (χ0) is 22.6. The first-order chi connectivity index (χ1) is 15.5. The first-order valence-electron chi connectivity index (χ1n) is 9.95. The van der Waals surface area contributed by atoms with E-state index in [0.717, 1.165) is 11.3 Å². The number of hydrogen-bond acceptors (Lipinski definition) is 7. The van der Waals surface area contributed by atoms with E-state index in [1.807, 2.05) is 54.6 Å². The third-order valence-corrected chi connectivity index (χ3v) is 6.49. The molecule has 0 atom stereocenters. The van der Waals surface area contributed by atoms with E-state index in [1.165, 1.54) is 19.2 Å². The predicted molar refractivity (Wildman–Crippen MR) is 122 cm³/mol. The van der Waals surface area contributed by atoms with Gasteiger partial charge in [-0.15, -0.1) is 0 Å². The molecule has 0 amide bonds. The summed E-state index contributed by atoms with van der Waals surface area (Å²) >= 11 is 0. The van der Waals surface area contributed by atoms with E-state index in [9.17, 15) is 8.42 Å². The Hall–Kier alpha value is -3.78. The molecule has 0 saturated heterocycles. The second-order valence-corrected chi connectivity index (χ2v) is 9.14. The molecule has 0 fully saturated rings. The molecule has 32 heavy (non-hydrogen) atoms. The van der Waals surface area contributed by atoms with Crippen LogP contribution in [0.5, 0.6) is 17.2 Å². The Morgan fingerprint density at radius 1 is 0.969 bits per heavy atom. The number of anilines is 2. The fourth-order valence-electron chi connectivity index (χ4n) is 3.06. The lowest BCUT2D eigenvalue weighted by Gasteiger charge is -2.11. The summed E-state index contributed by atoms with van der Waals surface area (Å²) in [4.78, 5) is 4.46. The molecule has 0 aliphatic heterocycles. The zero-order valence-corrected chi connectivity index (χ0v) is 18.4. The number of aromatic nitrogens is 1. The van der Waals surface area contributed by atoms with Crippen LogP contribution in [-0.2, 0) is 9.84 Å². The molecule has 7 nitrogen and oxygen atoms in total. The second kappa shape index (κ2) is 9.15. The van der Waals surface area contributed by atoms with Crippen molar-refractivity contribution in [1.82, 2.24) is 4.98 Å². The molecule has 0 saturated carbocycles. The molecule has 4 rings (SSSR count). The highest BCUT2D eigenvalue weighted by atomic mass is 32.2. The summed E-state index contributed by atoms with van der Waals surface area (Å²) in [7, 11) is -1.86. The van der Waals surface area contributed by atoms with E-state index >= 15 is 0 Å². The molecule has 0 bridgehead atoms. The lowest BCUT2D eigenvalue weighted by molar-refractivity contribution is 0.416. The van der Waals surface area contributed by atoms with Gasteiger partial charge in [-0.3, -0.25) is 0 Å². The van der Waals surface area contributed by atoms with E-state index < -0.39 is 9.84 Å². The average molecular weight is 451 g/mol. The van der Waals surface area contributed by atoms with Crippen LogP contribution < -0.4 is 14.8 Å². The van der Waals surface area contributed by atoms with Gasteiger partial charge in [-0.25, -0.2) is 13.4 Å². The quantitative estimate of drug-likeness (QED) is 0.369. The second-order valence-electron chi connectivity index (χ2n) is 6.86. The number of oxazole rings is 1. The largest absolute Gasteiger partial charge is 0.495 e. The lowest BCUT2D eigenvalue weighted by atomic mass is 10.2. The predicted octanol–water partition coefficient (Wildman–Crippen LogP) is 5.68. The monoisotopic (exact) mass is 450 g/mol. The number of hydrogen-bond donors (Lipinski definition) is 1. The number of rotatable bonds is 8. The van der Waals surface area contributed by atoms with Gasteiger partial charge in [0.25, 0.3) is 6.01 Å². The Morgan fingerprint density at radius 3 is 2.50 bits per heavy atom. The third-order valence-electron chi connectivity index (χ3n) is 4.75. The Labute approximate surface area is 186 Å². The van der Waals surface area contributed by atoms with E-state index in [4.69, 9.17) is 13.9 Å². The molecule has 1 N–H and O–H groups in total. The molecule has 0 spiro atoms. The van der Waals surface area contributed by atoms with Gasteiger partial charge in [0.05, 0.1) is 29.6 Å². The van der Waals surface area contributed by atoms with Crippen LogP contribution in [0.2, 0.25) is 0 Å². The number of nitrogens with one attached hydrogen (secondary N) is 1. The molecule has 4 aromatic rings. The molecule has 0 radical (unpaired) electrons. The van der Waals surface area contributed by atoms with E-state index in [2.05, 4.69) is 10.3 Å². The Kier molecular flexibility index (Phi) is 6.13. The molecule has 0 aliphatic carbocycles. The summed E-state index contributed by atoms with van der Waals surface area (Å²) in [6.07, 6.45) is 1.59. The summed E-state index contributed by atoms with van der Waals surface area (Å²) in [6.45, 7) is 1.60. The number of methoxy groups -OCH3 is 1. The lowest BCUT2D eigenvalue weighted by Crippen LogP contribution is -2.05. The molecule has 8 heteroatoms. The maximum atomic E-state index is 12.2. The van der Waals surface area contributed by atoms with Crippen LogP contribution in [0, 0.1) is 0 Å². The van der Waals surface area contributed by atoms with E-state index in [1.54, 1.807) is 19.2 Å². The molecule has 164 valence electrons. The van der Waals surface area contributed by atoms with Gasteiger partial charge in [0, 0.05) is 5.56 Å². The minimum Gasteiger partial charge on any atom is -0.495 e. The van der Waals surface area contributed by atoms with Crippen LogP contribution in [-0.4, -0.2) is 26.3 Å². The first-order valence-corrected chi connectivity index (χ1v) is 11.6. The van der Waals surface area contributed by atoms with Crippen LogP contribution in [0.3, 0.4) is 0 Å². The van der Waals surface area contributed by atoms with Crippen LogP contribution in [0.15, 0.2) is 88.3 Å². The highest BCUT2D eigenvalue weighted by Crippen LogP contribution is 2.33. The van der Waals surface area contributed by atoms with Gasteiger partial charge in [0.1, 0.15) is 17.2 Å². The van der Waals surface area contributed by atoms with Crippen molar-refractivity contribution in [2.24, 2.45) is 0 Å². The van der Waals surface area contributed by atoms with Crippen molar-refractivity contribution in [1.29, 1.82) is 0 Å². The van der Waals surface area contributed by atoms with Crippen molar-refractivity contribution in [2.45, 2.75) is 11.8 Å². The Balaban J connectivity index is 1.57. The summed E-state index contributed by atoms with van der Waals surface area (Å²) in [5.41, 5.74) is 1.23. The number of sulfone groups is 1. The Morgan fingerprint density at radius 2 is 1.75 bits per heavy atom. The topological polar surface area (TPSA) is 90.7 Å². The number of ether oxygens (including phenoxy) is 2. The zero-order valence-electron chi connectivity index (χ0n) is 17.6. The van der Waals surface area contributed by atoms with Gasteiger partial charge >= 0.3 is 0 Å². The average Bonchev–Trinajstić information content (AvgIpc) is 3.28. The normalized spacial score (nSPS) is 11.2. The number of nitrogens with zero attached hydrogens (tertiary/aromatic N) is 1. The van der Waals surface area contributed by atoms with Gasteiger partial charge in [0.2, 0.25) is 0 Å². The smallest absolute Gasteiger partial charge is 0.299 e. The maximum absolute atomic E-state index is 12.2. The van der Waals surface area contributed by atoms with Crippen molar-refractivity contribution in [2.75, 3.05) is 18.2 Å². The van der Waals surface area contributed by atoms with Crippen molar-refractivity contribution in [3.05, 3.63) is 79.0 Å². The van der Waals surface area contributed by atoms with Crippen molar-refractivity contribution in [3.8, 4) is 28.6 Å². The fraction of sp³-hybridized carbons (Fsp3) is 0.125. The van der Waals surface area contributed by atoms with Gasteiger partial charge in [-0.05, 0) is 42.5 Å². The fourth-order valence-corrected chi connectivity index (χ4v) is 3.97. The van der Waals surface area contributed by atoms with E-state index in [-0.39, 0.29) is 16.7 Å². The minimum atomic E-state index is -3.37. The summed E-state index contributed by atoms with van der Waals surface area (Å²) in [5, 5.41) is 3.01. The Bertz CT molecular complexity index is 1320. The molecule has 0 aliphatic rings. The first kappa shape index (κ1) is 21.5. The van der Waals surface area contributed by atoms with Crippen LogP contribution in [0.4, 0.5) is 11.7 Å². The molecule has 3 aromatic carbocycles. The standard InChI is InChI=1S/C24H22N2O5S/c1-3-32(27,28)20-12-13-22(29-2)21(15-20)26-24-25-16-23(31-24)17-8-7-11-19(14-17)30-18-9-5-4-6-10-18/h4-16H,3H2,1-2H3,(H,25,26). The maximum Gasteiger partial charge on any atom is 0.299 e. The van der Waals surface area contributed by atoms with Crippen molar-refractivity contribution < 1.29 is 22.3 Å². The van der Waals surface area contributed by atoms with Gasteiger partial charge in [0.15, 0.2) is 15.6 Å². The van der Waals surface area contributed by atoms with Gasteiger partial charge in [-0.2, -0.15) is 0 Å². The van der Waals surface area contributed by atoms with E-state index in [0.29, 0.717) is 22.9 Å². The van der Waals surface area contributed by atoms with Crippen molar-refractivity contribution >= 4 is 21.5 Å². The molecule has 1 heterocycles. The summed E-state index contributed by atoms with van der Waals surface area (Å²) < 4.78 is 41.5. The van der Waals surface area contributed by atoms with Crippen LogP contribution >= 0.6 is 0 Å². The molecular weight excluding hydrogens is 428 g/mol. The number of benzene rings is 3. The molecule has 0 unspecified atom stereocenters. The minimum absolute atomic E-state index is 0.00329. The molecule has 1 aromatic heterocycles. The number of para-hydroxylation sites is 1. The highest BCUT2D eigenvalue weighted by molar-refractivity contribution is 7.91. The third kappa shape index (κ3) is 4.76. The van der Waals surface area contributed by atoms with Crippen LogP contribution in [0.25, 0.3) is 11.3 Å². The highest BCUT2D eigenvalue weighted by Gasteiger charge is 2.16. The van der Waals surface area contributed by atoms with Gasteiger partial charge in [-0.1, -0.05) is 37.3 Å².